The Kier molecular flexibility index (Phi) is 4.87. The van der Waals surface area contributed by atoms with Gasteiger partial charge >= 0.3 is 0 Å². The van der Waals surface area contributed by atoms with Crippen molar-refractivity contribution in [2.24, 2.45) is 0 Å². The predicted molar refractivity (Wildman–Crippen MR) is 124 cm³/mol. The number of nitrogens with one attached hydrogen (secondary N) is 1. The summed E-state index contributed by atoms with van der Waals surface area (Å²) in [4.78, 5) is 20.6. The zero-order valence-electron chi connectivity index (χ0n) is 17.2. The van der Waals surface area contributed by atoms with Crippen LogP contribution >= 0.6 is 11.8 Å². The van der Waals surface area contributed by atoms with E-state index < -0.39 is 0 Å². The molecule has 5 rings (SSSR count). The molecule has 30 heavy (non-hydrogen) atoms. The Morgan fingerprint density at radius 2 is 1.73 bits per heavy atom. The molecule has 2 heterocycles. The molecule has 0 saturated heterocycles. The maximum Gasteiger partial charge on any atom is 0.254 e. The molecular weight excluding hydrogens is 388 g/mol. The lowest BCUT2D eigenvalue weighted by molar-refractivity contribution is 0.0691. The molecule has 1 N–H and O–H groups in total. The largest absolute Gasteiger partial charge is 0.356 e. The second-order valence-corrected chi connectivity index (χ2v) is 8.68. The van der Waals surface area contributed by atoms with Gasteiger partial charge in [-0.2, -0.15) is 0 Å². The molecule has 0 aliphatic carbocycles. The SMILES string of the molecule is CSc1ccc([C@@H]2c3[nH]c4ccccc4c3CCN2C(=O)c2ccccc2C)cc1. The third-order valence-electron chi connectivity index (χ3n) is 6.10. The van der Waals surface area contributed by atoms with Gasteiger partial charge in [0.1, 0.15) is 0 Å². The highest BCUT2D eigenvalue weighted by Gasteiger charge is 2.35. The zero-order valence-corrected chi connectivity index (χ0v) is 18.0. The topological polar surface area (TPSA) is 36.1 Å². The lowest BCUT2D eigenvalue weighted by Gasteiger charge is -2.36. The van der Waals surface area contributed by atoms with Gasteiger partial charge in [0.25, 0.3) is 5.91 Å². The number of rotatable bonds is 3. The Morgan fingerprint density at radius 3 is 2.50 bits per heavy atom. The number of para-hydroxylation sites is 1. The standard InChI is InChI=1S/C26H24N2OS/c1-17-7-3-4-8-20(17)26(29)28-16-15-22-21-9-5-6-10-23(21)27-24(22)25(28)18-11-13-19(30-2)14-12-18/h3-14,25,27H,15-16H2,1-2H3/t25-/m1/s1. The molecule has 0 bridgehead atoms. The van der Waals surface area contributed by atoms with Crippen LogP contribution in [0.3, 0.4) is 0 Å². The molecule has 0 spiro atoms. The summed E-state index contributed by atoms with van der Waals surface area (Å²) >= 11 is 1.73. The smallest absolute Gasteiger partial charge is 0.254 e. The van der Waals surface area contributed by atoms with E-state index in [1.165, 1.54) is 15.8 Å². The van der Waals surface area contributed by atoms with Crippen LogP contribution in [0, 0.1) is 6.92 Å². The van der Waals surface area contributed by atoms with Crippen molar-refractivity contribution in [1.29, 1.82) is 0 Å². The molecule has 4 heteroatoms. The molecule has 1 aromatic heterocycles. The minimum atomic E-state index is -0.121. The van der Waals surface area contributed by atoms with Gasteiger partial charge in [-0.15, -0.1) is 11.8 Å². The molecule has 0 saturated carbocycles. The molecule has 3 nitrogen and oxygen atoms in total. The Morgan fingerprint density at radius 1 is 1.00 bits per heavy atom. The molecule has 0 unspecified atom stereocenters. The van der Waals surface area contributed by atoms with E-state index in [0.717, 1.165) is 34.3 Å². The third kappa shape index (κ3) is 3.12. The summed E-state index contributed by atoms with van der Waals surface area (Å²) in [6.45, 7) is 2.71. The van der Waals surface area contributed by atoms with E-state index in [-0.39, 0.29) is 11.9 Å². The van der Waals surface area contributed by atoms with E-state index in [1.807, 2.05) is 36.1 Å². The van der Waals surface area contributed by atoms with Gasteiger partial charge in [0.05, 0.1) is 6.04 Å². The third-order valence-corrected chi connectivity index (χ3v) is 6.85. The van der Waals surface area contributed by atoms with Crippen LogP contribution in [0.1, 0.15) is 38.8 Å². The van der Waals surface area contributed by atoms with Gasteiger partial charge in [-0.25, -0.2) is 0 Å². The van der Waals surface area contributed by atoms with Crippen LogP contribution in [0.15, 0.2) is 77.7 Å². The van der Waals surface area contributed by atoms with Crippen molar-refractivity contribution in [2.45, 2.75) is 24.3 Å². The summed E-state index contributed by atoms with van der Waals surface area (Å²) in [5, 5.41) is 1.27. The quantitative estimate of drug-likeness (QED) is 0.420. The highest BCUT2D eigenvalue weighted by molar-refractivity contribution is 7.98. The van der Waals surface area contributed by atoms with Crippen molar-refractivity contribution in [2.75, 3.05) is 12.8 Å². The van der Waals surface area contributed by atoms with E-state index in [9.17, 15) is 4.79 Å². The van der Waals surface area contributed by atoms with Crippen molar-refractivity contribution in [3.63, 3.8) is 0 Å². The lowest BCUT2D eigenvalue weighted by Crippen LogP contribution is -2.40. The van der Waals surface area contributed by atoms with Crippen molar-refractivity contribution in [3.05, 3.63) is 101 Å². The number of amides is 1. The molecule has 1 aliphatic rings. The first-order chi connectivity index (χ1) is 14.7. The Labute approximate surface area is 181 Å². The summed E-state index contributed by atoms with van der Waals surface area (Å²) in [6, 6.07) is 24.8. The summed E-state index contributed by atoms with van der Waals surface area (Å²) in [6.07, 6.45) is 2.94. The van der Waals surface area contributed by atoms with Crippen molar-refractivity contribution < 1.29 is 4.79 Å². The van der Waals surface area contributed by atoms with E-state index in [4.69, 9.17) is 0 Å². The molecule has 1 aliphatic heterocycles. The number of fused-ring (bicyclic) bond motifs is 3. The van der Waals surface area contributed by atoms with Gasteiger partial charge in [-0.3, -0.25) is 4.79 Å². The molecule has 150 valence electrons. The average molecular weight is 413 g/mol. The average Bonchev–Trinajstić information content (AvgIpc) is 3.17. The second kappa shape index (κ2) is 7.69. The summed E-state index contributed by atoms with van der Waals surface area (Å²) in [5.74, 6) is 0.0938. The number of aryl methyl sites for hydroxylation is 1. The Hall–Kier alpha value is -2.98. The van der Waals surface area contributed by atoms with Crippen LogP contribution in [0.4, 0.5) is 0 Å². The number of carbonyl (C=O) groups is 1. The highest BCUT2D eigenvalue weighted by Crippen LogP contribution is 2.39. The first-order valence-corrected chi connectivity index (χ1v) is 11.5. The number of hydrogen-bond donors (Lipinski definition) is 1. The molecule has 4 aromatic rings. The van der Waals surface area contributed by atoms with E-state index >= 15 is 0 Å². The van der Waals surface area contributed by atoms with E-state index in [1.54, 1.807) is 11.8 Å². The van der Waals surface area contributed by atoms with Gasteiger partial charge in [-0.05, 0) is 60.6 Å². The zero-order chi connectivity index (χ0) is 20.7. The van der Waals surface area contributed by atoms with Crippen LogP contribution in [-0.2, 0) is 6.42 Å². The fourth-order valence-corrected chi connectivity index (χ4v) is 4.97. The number of carbonyl (C=O) groups excluding carboxylic acids is 1. The van der Waals surface area contributed by atoms with E-state index in [0.29, 0.717) is 6.54 Å². The van der Waals surface area contributed by atoms with Crippen LogP contribution < -0.4 is 0 Å². The van der Waals surface area contributed by atoms with Gasteiger partial charge < -0.3 is 9.88 Å². The van der Waals surface area contributed by atoms with Crippen LogP contribution in [0.2, 0.25) is 0 Å². The van der Waals surface area contributed by atoms with Gasteiger partial charge in [0.2, 0.25) is 0 Å². The lowest BCUT2D eigenvalue weighted by atomic mass is 9.91. The minimum absolute atomic E-state index is 0.0938. The highest BCUT2D eigenvalue weighted by atomic mass is 32.2. The Balaban J connectivity index is 1.66. The molecule has 1 amide bonds. The molecule has 3 aromatic carbocycles. The number of aromatic amines is 1. The monoisotopic (exact) mass is 412 g/mol. The number of benzene rings is 3. The maximum absolute atomic E-state index is 13.7. The number of H-pyrrole nitrogens is 1. The van der Waals surface area contributed by atoms with Crippen molar-refractivity contribution in [3.8, 4) is 0 Å². The summed E-state index contributed by atoms with van der Waals surface area (Å²) < 4.78 is 0. The molecule has 0 radical (unpaired) electrons. The maximum atomic E-state index is 13.7. The van der Waals surface area contributed by atoms with Gasteiger partial charge in [0.15, 0.2) is 0 Å². The molecular formula is C26H24N2OS. The van der Waals surface area contributed by atoms with Gasteiger partial charge in [-0.1, -0.05) is 48.5 Å². The molecule has 0 fully saturated rings. The van der Waals surface area contributed by atoms with Gasteiger partial charge in [0, 0.05) is 33.6 Å². The minimum Gasteiger partial charge on any atom is -0.356 e. The van der Waals surface area contributed by atoms with Crippen LogP contribution in [0.5, 0.6) is 0 Å². The fraction of sp³-hybridized carbons (Fsp3) is 0.192. The number of aromatic nitrogens is 1. The van der Waals surface area contributed by atoms with Crippen LogP contribution in [-0.4, -0.2) is 28.6 Å². The van der Waals surface area contributed by atoms with Crippen LogP contribution in [0.25, 0.3) is 10.9 Å². The van der Waals surface area contributed by atoms with E-state index in [2.05, 4.69) is 59.8 Å². The summed E-state index contributed by atoms with van der Waals surface area (Å²) in [5.41, 5.74) is 6.55. The predicted octanol–water partition coefficient (Wildman–Crippen LogP) is 5.99. The number of thioether (sulfide) groups is 1. The first kappa shape index (κ1) is 19.0. The number of hydrogen-bond acceptors (Lipinski definition) is 2. The second-order valence-electron chi connectivity index (χ2n) is 7.80. The normalized spacial score (nSPS) is 15.9. The summed E-state index contributed by atoms with van der Waals surface area (Å²) in [7, 11) is 0. The fourth-order valence-electron chi connectivity index (χ4n) is 4.56. The van der Waals surface area contributed by atoms with Crippen molar-refractivity contribution >= 4 is 28.6 Å². The van der Waals surface area contributed by atoms with Crippen molar-refractivity contribution in [1.82, 2.24) is 9.88 Å². The molecule has 1 atom stereocenters. The number of nitrogens with zero attached hydrogens (tertiary/aromatic N) is 1. The first-order valence-electron chi connectivity index (χ1n) is 10.3. The Bertz CT molecular complexity index is 1230.